The lowest BCUT2D eigenvalue weighted by atomic mass is 10.1. The van der Waals surface area contributed by atoms with Gasteiger partial charge in [0, 0.05) is 38.3 Å². The van der Waals surface area contributed by atoms with E-state index in [0.29, 0.717) is 24.3 Å². The summed E-state index contributed by atoms with van der Waals surface area (Å²) in [7, 11) is 2.90. The monoisotopic (exact) mass is 493 g/mol. The molecule has 4 rings (SSSR count). The Balaban J connectivity index is 1.42. The SMILES string of the molecule is COCc1nn(Cc2ccc(CN3C=CC=CC3O)cc2)cc1C(=O)NCc1nccc(OC)c1F. The number of aromatic nitrogens is 3. The third kappa shape index (κ3) is 5.96. The summed E-state index contributed by atoms with van der Waals surface area (Å²) in [5.74, 6) is -0.956. The quantitative estimate of drug-likeness (QED) is 0.448. The Hall–Kier alpha value is -4.02. The van der Waals surface area contributed by atoms with Crippen LogP contribution in [-0.4, -0.2) is 51.1 Å². The second-order valence-electron chi connectivity index (χ2n) is 8.21. The molecule has 1 amide bonds. The van der Waals surface area contributed by atoms with Gasteiger partial charge in [-0.2, -0.15) is 5.10 Å². The van der Waals surface area contributed by atoms with Gasteiger partial charge >= 0.3 is 0 Å². The number of carbonyl (C=O) groups is 1. The standard InChI is InChI=1S/C26H28FN5O4/c1-35-17-22-20(26(34)29-13-21-25(27)23(36-2)10-11-28-21)16-32(30-22)15-19-8-6-18(7-9-19)14-31-12-4-3-5-24(31)33/h3-12,16,24,33H,13-15,17H2,1-2H3,(H,29,34). The summed E-state index contributed by atoms with van der Waals surface area (Å²) in [6.07, 6.45) is 9.70. The predicted molar refractivity (Wildman–Crippen MR) is 130 cm³/mol. The van der Waals surface area contributed by atoms with E-state index in [1.54, 1.807) is 17.0 Å². The number of benzene rings is 1. The third-order valence-corrected chi connectivity index (χ3v) is 5.67. The topological polar surface area (TPSA) is 102 Å². The highest BCUT2D eigenvalue weighted by atomic mass is 19.1. The lowest BCUT2D eigenvalue weighted by Crippen LogP contribution is -2.29. The van der Waals surface area contributed by atoms with Crippen molar-refractivity contribution in [3.8, 4) is 5.75 Å². The summed E-state index contributed by atoms with van der Waals surface area (Å²) >= 11 is 0. The first-order chi connectivity index (χ1) is 17.5. The molecule has 2 N–H and O–H groups in total. The van der Waals surface area contributed by atoms with Crippen LogP contribution in [0, 0.1) is 5.82 Å². The molecule has 1 aromatic carbocycles. The zero-order chi connectivity index (χ0) is 25.5. The van der Waals surface area contributed by atoms with Crippen molar-refractivity contribution in [3.05, 3.63) is 101 Å². The van der Waals surface area contributed by atoms with Crippen molar-refractivity contribution in [1.29, 1.82) is 0 Å². The number of hydrogen-bond donors (Lipinski definition) is 2. The molecular formula is C26H28FN5O4. The van der Waals surface area contributed by atoms with Gasteiger partial charge in [0.2, 0.25) is 0 Å². The van der Waals surface area contributed by atoms with E-state index in [0.717, 1.165) is 11.1 Å². The van der Waals surface area contributed by atoms with Crippen molar-refractivity contribution in [2.45, 2.75) is 32.5 Å². The molecule has 1 unspecified atom stereocenters. The third-order valence-electron chi connectivity index (χ3n) is 5.67. The molecule has 3 aromatic rings. The molecule has 0 bridgehead atoms. The maximum Gasteiger partial charge on any atom is 0.255 e. The molecule has 0 spiro atoms. The van der Waals surface area contributed by atoms with E-state index >= 15 is 0 Å². The van der Waals surface area contributed by atoms with Crippen LogP contribution in [-0.2, 0) is 31.0 Å². The normalized spacial score (nSPS) is 14.8. The van der Waals surface area contributed by atoms with E-state index in [1.807, 2.05) is 47.5 Å². The van der Waals surface area contributed by atoms with Gasteiger partial charge in [0.1, 0.15) is 11.9 Å². The first-order valence-corrected chi connectivity index (χ1v) is 11.4. The second-order valence-corrected chi connectivity index (χ2v) is 8.21. The van der Waals surface area contributed by atoms with E-state index in [2.05, 4.69) is 15.4 Å². The van der Waals surface area contributed by atoms with Crippen molar-refractivity contribution in [1.82, 2.24) is 25.0 Å². The summed E-state index contributed by atoms with van der Waals surface area (Å²) in [6, 6.07) is 9.38. The number of nitrogens with zero attached hydrogens (tertiary/aromatic N) is 4. The van der Waals surface area contributed by atoms with Crippen LogP contribution in [0.5, 0.6) is 5.75 Å². The second kappa shape index (κ2) is 11.6. The van der Waals surface area contributed by atoms with Gasteiger partial charge < -0.3 is 24.8 Å². The molecule has 0 aliphatic carbocycles. The fourth-order valence-corrected chi connectivity index (χ4v) is 3.80. The molecule has 188 valence electrons. The van der Waals surface area contributed by atoms with Gasteiger partial charge in [-0.25, -0.2) is 4.39 Å². The Bertz CT molecular complexity index is 1260. The minimum Gasteiger partial charge on any atom is -0.494 e. The summed E-state index contributed by atoms with van der Waals surface area (Å²) < 4.78 is 26.2. The molecule has 0 radical (unpaired) electrons. The number of carbonyl (C=O) groups excluding carboxylic acids is 1. The van der Waals surface area contributed by atoms with Crippen LogP contribution < -0.4 is 10.1 Å². The molecule has 10 heteroatoms. The molecule has 1 aliphatic rings. The van der Waals surface area contributed by atoms with Gasteiger partial charge in [0.15, 0.2) is 11.6 Å². The van der Waals surface area contributed by atoms with E-state index in [4.69, 9.17) is 9.47 Å². The zero-order valence-corrected chi connectivity index (χ0v) is 20.1. The van der Waals surface area contributed by atoms with Gasteiger partial charge in [0.25, 0.3) is 5.91 Å². The van der Waals surface area contributed by atoms with Gasteiger partial charge in [-0.05, 0) is 23.3 Å². The average Bonchev–Trinajstić information content (AvgIpc) is 3.28. The van der Waals surface area contributed by atoms with Gasteiger partial charge in [0.05, 0.1) is 38.1 Å². The van der Waals surface area contributed by atoms with E-state index in [9.17, 15) is 14.3 Å². The number of halogens is 1. The van der Waals surface area contributed by atoms with Crippen molar-refractivity contribution in [2.75, 3.05) is 14.2 Å². The van der Waals surface area contributed by atoms with Crippen molar-refractivity contribution in [2.24, 2.45) is 0 Å². The van der Waals surface area contributed by atoms with Crippen molar-refractivity contribution < 1.29 is 23.8 Å². The largest absolute Gasteiger partial charge is 0.494 e. The van der Waals surface area contributed by atoms with Crippen LogP contribution in [0.4, 0.5) is 4.39 Å². The maximum absolute atomic E-state index is 14.4. The molecular weight excluding hydrogens is 465 g/mol. The van der Waals surface area contributed by atoms with Crippen LogP contribution in [0.1, 0.15) is 32.9 Å². The molecule has 36 heavy (non-hydrogen) atoms. The first-order valence-electron chi connectivity index (χ1n) is 11.4. The number of methoxy groups -OCH3 is 2. The van der Waals surface area contributed by atoms with E-state index in [1.165, 1.54) is 26.5 Å². The van der Waals surface area contributed by atoms with Crippen molar-refractivity contribution >= 4 is 5.91 Å². The smallest absolute Gasteiger partial charge is 0.255 e. The first kappa shape index (κ1) is 25.1. The summed E-state index contributed by atoms with van der Waals surface area (Å²) in [4.78, 5) is 18.7. The minimum atomic E-state index is -0.640. The zero-order valence-electron chi connectivity index (χ0n) is 20.1. The number of hydrogen-bond acceptors (Lipinski definition) is 7. The van der Waals surface area contributed by atoms with Gasteiger partial charge in [-0.3, -0.25) is 14.5 Å². The van der Waals surface area contributed by atoms with Crippen LogP contribution in [0.3, 0.4) is 0 Å². The van der Waals surface area contributed by atoms with Crippen LogP contribution >= 0.6 is 0 Å². The van der Waals surface area contributed by atoms with Crippen LogP contribution in [0.15, 0.2) is 67.2 Å². The maximum atomic E-state index is 14.4. The van der Waals surface area contributed by atoms with E-state index < -0.39 is 18.0 Å². The molecule has 2 aromatic heterocycles. The highest BCUT2D eigenvalue weighted by Crippen LogP contribution is 2.18. The number of nitrogens with one attached hydrogen (secondary N) is 1. The molecule has 0 saturated heterocycles. The Morgan fingerprint density at radius 1 is 1.11 bits per heavy atom. The van der Waals surface area contributed by atoms with E-state index in [-0.39, 0.29) is 24.6 Å². The fraction of sp³-hybridized carbons (Fsp3) is 0.269. The molecule has 0 fully saturated rings. The molecule has 9 nitrogen and oxygen atoms in total. The molecule has 0 saturated carbocycles. The summed E-state index contributed by atoms with van der Waals surface area (Å²) in [5.41, 5.74) is 2.94. The Morgan fingerprint density at radius 3 is 2.56 bits per heavy atom. The number of aliphatic hydroxyl groups excluding tert-OH is 1. The number of aliphatic hydroxyl groups is 1. The lowest BCUT2D eigenvalue weighted by molar-refractivity contribution is 0.0722. The van der Waals surface area contributed by atoms with Gasteiger partial charge in [-0.15, -0.1) is 0 Å². The number of ether oxygens (including phenoxy) is 2. The number of pyridine rings is 1. The predicted octanol–water partition coefficient (Wildman–Crippen LogP) is 2.75. The van der Waals surface area contributed by atoms with Crippen molar-refractivity contribution in [3.63, 3.8) is 0 Å². The fourth-order valence-electron chi connectivity index (χ4n) is 3.80. The van der Waals surface area contributed by atoms with Crippen LogP contribution in [0.25, 0.3) is 0 Å². The highest BCUT2D eigenvalue weighted by Gasteiger charge is 2.18. The Kier molecular flexibility index (Phi) is 8.09. The number of amides is 1. The lowest BCUT2D eigenvalue weighted by Gasteiger charge is -2.26. The number of allylic oxidation sites excluding steroid dienone is 2. The van der Waals surface area contributed by atoms with Gasteiger partial charge in [-0.1, -0.05) is 30.3 Å². The molecule has 1 atom stereocenters. The number of rotatable bonds is 10. The van der Waals surface area contributed by atoms with Crippen LogP contribution in [0.2, 0.25) is 0 Å². The average molecular weight is 494 g/mol. The minimum absolute atomic E-state index is 0.0635. The Morgan fingerprint density at radius 2 is 1.86 bits per heavy atom. The summed E-state index contributed by atoms with van der Waals surface area (Å²) in [5, 5.41) is 17.2. The molecule has 3 heterocycles. The summed E-state index contributed by atoms with van der Waals surface area (Å²) in [6.45, 7) is 1.08. The molecule has 1 aliphatic heterocycles. The Labute approximate surface area is 208 Å². The highest BCUT2D eigenvalue weighted by molar-refractivity contribution is 5.95.